The van der Waals surface area contributed by atoms with Gasteiger partial charge in [0.2, 0.25) is 10.0 Å². The van der Waals surface area contributed by atoms with Crippen LogP contribution in [0.3, 0.4) is 0 Å². The SMILES string of the molecule is COC(=O)CCCNC(=O)c1ccc(OC2CCN(S(C)(=O)=O)CC2)c(Cl)c1. The second-order valence-electron chi connectivity index (χ2n) is 6.56. The topological polar surface area (TPSA) is 102 Å². The van der Waals surface area contributed by atoms with Gasteiger partial charge in [0.25, 0.3) is 5.91 Å². The Balaban J connectivity index is 1.85. The van der Waals surface area contributed by atoms with E-state index in [1.54, 1.807) is 12.1 Å². The molecule has 0 aliphatic carbocycles. The minimum Gasteiger partial charge on any atom is -0.489 e. The van der Waals surface area contributed by atoms with Gasteiger partial charge in [-0.25, -0.2) is 12.7 Å². The van der Waals surface area contributed by atoms with Crippen molar-refractivity contribution < 1.29 is 27.5 Å². The lowest BCUT2D eigenvalue weighted by Gasteiger charge is -2.30. The van der Waals surface area contributed by atoms with Crippen LogP contribution in [0.2, 0.25) is 5.02 Å². The van der Waals surface area contributed by atoms with Crippen LogP contribution in [0.4, 0.5) is 0 Å². The highest BCUT2D eigenvalue weighted by Crippen LogP contribution is 2.28. The number of nitrogens with zero attached hydrogens (tertiary/aromatic N) is 1. The Morgan fingerprint density at radius 2 is 1.96 bits per heavy atom. The molecule has 1 N–H and O–H groups in total. The maximum atomic E-state index is 12.2. The van der Waals surface area contributed by atoms with Crippen LogP contribution in [-0.4, -0.2) is 63.7 Å². The van der Waals surface area contributed by atoms with Gasteiger partial charge >= 0.3 is 5.97 Å². The van der Waals surface area contributed by atoms with E-state index in [0.29, 0.717) is 55.2 Å². The molecule has 28 heavy (non-hydrogen) atoms. The van der Waals surface area contributed by atoms with E-state index in [1.165, 1.54) is 23.7 Å². The van der Waals surface area contributed by atoms with Crippen LogP contribution in [0.5, 0.6) is 5.75 Å². The van der Waals surface area contributed by atoms with Crippen molar-refractivity contribution in [1.82, 2.24) is 9.62 Å². The second-order valence-corrected chi connectivity index (χ2v) is 8.95. The Morgan fingerprint density at radius 1 is 1.29 bits per heavy atom. The van der Waals surface area contributed by atoms with Gasteiger partial charge < -0.3 is 14.8 Å². The second kappa shape index (κ2) is 10.1. The summed E-state index contributed by atoms with van der Waals surface area (Å²) in [5.41, 5.74) is 0.391. The van der Waals surface area contributed by atoms with Crippen molar-refractivity contribution in [2.75, 3.05) is 33.0 Å². The molecule has 0 unspecified atom stereocenters. The lowest BCUT2D eigenvalue weighted by Crippen LogP contribution is -2.41. The molecule has 0 aromatic heterocycles. The molecule has 0 saturated carbocycles. The van der Waals surface area contributed by atoms with Crippen molar-refractivity contribution in [3.8, 4) is 5.75 Å². The normalized spacial score (nSPS) is 15.8. The maximum absolute atomic E-state index is 12.2. The summed E-state index contributed by atoms with van der Waals surface area (Å²) in [7, 11) is -1.86. The number of esters is 1. The fourth-order valence-corrected chi connectivity index (χ4v) is 3.94. The molecule has 156 valence electrons. The van der Waals surface area contributed by atoms with Gasteiger partial charge in [0.05, 0.1) is 18.4 Å². The quantitative estimate of drug-likeness (QED) is 0.496. The Hall–Kier alpha value is -1.84. The van der Waals surface area contributed by atoms with E-state index in [1.807, 2.05) is 0 Å². The molecule has 0 atom stereocenters. The van der Waals surface area contributed by atoms with Gasteiger partial charge in [0, 0.05) is 31.6 Å². The van der Waals surface area contributed by atoms with Crippen molar-refractivity contribution in [3.63, 3.8) is 0 Å². The van der Waals surface area contributed by atoms with E-state index in [2.05, 4.69) is 10.1 Å². The molecule has 10 heteroatoms. The third kappa shape index (κ3) is 6.65. The standard InChI is InChI=1S/C18H25ClN2O6S/c1-26-17(22)4-3-9-20-18(23)13-5-6-16(15(19)12-13)27-14-7-10-21(11-8-14)28(2,24)25/h5-6,12,14H,3-4,7-11H2,1-2H3,(H,20,23). The molecule has 1 saturated heterocycles. The van der Waals surface area contributed by atoms with E-state index in [9.17, 15) is 18.0 Å². The van der Waals surface area contributed by atoms with Gasteiger partial charge in [0.1, 0.15) is 11.9 Å². The predicted molar refractivity (Wildman–Crippen MR) is 105 cm³/mol. The van der Waals surface area contributed by atoms with Gasteiger partial charge in [-0.2, -0.15) is 0 Å². The Kier molecular flexibility index (Phi) is 8.09. The first kappa shape index (κ1) is 22.4. The van der Waals surface area contributed by atoms with Gasteiger partial charge in [-0.3, -0.25) is 9.59 Å². The first-order valence-corrected chi connectivity index (χ1v) is 11.2. The summed E-state index contributed by atoms with van der Waals surface area (Å²) in [6, 6.07) is 4.77. The largest absolute Gasteiger partial charge is 0.489 e. The zero-order valence-corrected chi connectivity index (χ0v) is 17.5. The molecule has 8 nitrogen and oxygen atoms in total. The number of carbonyl (C=O) groups is 2. The number of sulfonamides is 1. The minimum atomic E-state index is -3.18. The Bertz CT molecular complexity index is 806. The van der Waals surface area contributed by atoms with Gasteiger partial charge in [-0.05, 0) is 37.5 Å². The molecule has 1 aromatic carbocycles. The number of hydrogen-bond donors (Lipinski definition) is 1. The summed E-state index contributed by atoms with van der Waals surface area (Å²) in [5.74, 6) is -0.150. The van der Waals surface area contributed by atoms with Gasteiger partial charge in [0.15, 0.2) is 0 Å². The summed E-state index contributed by atoms with van der Waals surface area (Å²) in [4.78, 5) is 23.2. The van der Waals surface area contributed by atoms with E-state index >= 15 is 0 Å². The molecular weight excluding hydrogens is 408 g/mol. The summed E-state index contributed by atoms with van der Waals surface area (Å²) in [5, 5.41) is 3.03. The van der Waals surface area contributed by atoms with Crippen molar-refractivity contribution in [2.45, 2.75) is 31.8 Å². The lowest BCUT2D eigenvalue weighted by atomic mass is 10.1. The molecule has 0 radical (unpaired) electrons. The predicted octanol–water partition coefficient (Wildman–Crippen LogP) is 1.83. The number of piperidine rings is 1. The molecule has 1 heterocycles. The average molecular weight is 433 g/mol. The highest BCUT2D eigenvalue weighted by atomic mass is 35.5. The summed E-state index contributed by atoms with van der Waals surface area (Å²) >= 11 is 6.24. The fourth-order valence-electron chi connectivity index (χ4n) is 2.84. The van der Waals surface area contributed by atoms with Gasteiger partial charge in [-0.15, -0.1) is 0 Å². The Labute approximate surface area is 170 Å². The molecule has 0 spiro atoms. The molecule has 1 aromatic rings. The van der Waals surface area contributed by atoms with Gasteiger partial charge in [-0.1, -0.05) is 11.6 Å². The smallest absolute Gasteiger partial charge is 0.305 e. The van der Waals surface area contributed by atoms with Crippen LogP contribution in [0.15, 0.2) is 18.2 Å². The number of halogens is 1. The number of methoxy groups -OCH3 is 1. The first-order valence-electron chi connectivity index (χ1n) is 8.97. The Morgan fingerprint density at radius 3 is 2.54 bits per heavy atom. The first-order chi connectivity index (χ1) is 13.2. The van der Waals surface area contributed by atoms with Crippen LogP contribution in [-0.2, 0) is 19.6 Å². The average Bonchev–Trinajstić information content (AvgIpc) is 2.66. The number of hydrogen-bond acceptors (Lipinski definition) is 6. The monoisotopic (exact) mass is 432 g/mol. The van der Waals surface area contributed by atoms with Crippen LogP contribution >= 0.6 is 11.6 Å². The zero-order valence-electron chi connectivity index (χ0n) is 15.9. The molecule has 1 aliphatic rings. The molecule has 0 bridgehead atoms. The van der Waals surface area contributed by atoms with E-state index in [4.69, 9.17) is 16.3 Å². The molecule has 1 fully saturated rings. The summed E-state index contributed by atoms with van der Waals surface area (Å²) < 4.78 is 35.0. The van der Waals surface area contributed by atoms with Crippen molar-refractivity contribution >= 4 is 33.5 Å². The highest BCUT2D eigenvalue weighted by molar-refractivity contribution is 7.88. The third-order valence-electron chi connectivity index (χ3n) is 4.43. The molecule has 1 aliphatic heterocycles. The number of amides is 1. The molecular formula is C18H25ClN2O6S. The van der Waals surface area contributed by atoms with Crippen molar-refractivity contribution in [2.24, 2.45) is 0 Å². The number of carbonyl (C=O) groups excluding carboxylic acids is 2. The van der Waals surface area contributed by atoms with Crippen LogP contribution in [0.1, 0.15) is 36.0 Å². The number of ether oxygens (including phenoxy) is 2. The fraction of sp³-hybridized carbons (Fsp3) is 0.556. The number of nitrogens with one attached hydrogen (secondary N) is 1. The summed E-state index contributed by atoms with van der Waals surface area (Å²) in [6.45, 7) is 1.17. The van der Waals surface area contributed by atoms with Crippen LogP contribution < -0.4 is 10.1 Å². The minimum absolute atomic E-state index is 0.131. The van der Waals surface area contributed by atoms with Crippen molar-refractivity contribution in [1.29, 1.82) is 0 Å². The highest BCUT2D eigenvalue weighted by Gasteiger charge is 2.26. The van der Waals surface area contributed by atoms with Crippen molar-refractivity contribution in [3.05, 3.63) is 28.8 Å². The van der Waals surface area contributed by atoms with Crippen LogP contribution in [0, 0.1) is 0 Å². The lowest BCUT2D eigenvalue weighted by molar-refractivity contribution is -0.140. The molecule has 2 rings (SSSR count). The van der Waals surface area contributed by atoms with E-state index in [0.717, 1.165) is 0 Å². The number of benzene rings is 1. The summed E-state index contributed by atoms with van der Waals surface area (Å²) in [6.07, 6.45) is 2.94. The third-order valence-corrected chi connectivity index (χ3v) is 6.03. The van der Waals surface area contributed by atoms with E-state index < -0.39 is 10.0 Å². The van der Waals surface area contributed by atoms with E-state index in [-0.39, 0.29) is 24.4 Å². The maximum Gasteiger partial charge on any atom is 0.305 e. The zero-order chi connectivity index (χ0) is 20.7. The van der Waals surface area contributed by atoms with Crippen LogP contribution in [0.25, 0.3) is 0 Å². The molecule has 1 amide bonds. The number of rotatable bonds is 8.